The number of rotatable bonds is 7. The average molecular weight is 498 g/mol. The number of carbonyl (C=O) groups is 2. The van der Waals surface area contributed by atoms with Gasteiger partial charge in [-0.3, -0.25) is 0 Å². The number of ether oxygens (including phenoxy) is 1. The van der Waals surface area contributed by atoms with Crippen LogP contribution in [0.2, 0.25) is 0 Å². The van der Waals surface area contributed by atoms with Gasteiger partial charge in [0, 0.05) is 18.7 Å². The molecule has 3 N–H and O–H groups in total. The van der Waals surface area contributed by atoms with Crippen molar-refractivity contribution in [3.8, 4) is 28.7 Å². The number of nitrogens with zero attached hydrogens (tertiary/aromatic N) is 1. The van der Waals surface area contributed by atoms with Crippen molar-refractivity contribution in [3.05, 3.63) is 95.6 Å². The van der Waals surface area contributed by atoms with E-state index in [0.717, 1.165) is 34.9 Å². The Balaban J connectivity index is 0.000000493. The fraction of sp³-hybridized carbons (Fsp3) is 0.115. The van der Waals surface area contributed by atoms with E-state index in [-0.39, 0.29) is 11.3 Å². The van der Waals surface area contributed by atoms with Crippen LogP contribution in [0.4, 0.5) is 13.2 Å². The Morgan fingerprint density at radius 2 is 1.64 bits per heavy atom. The number of aliphatic carboxylic acids is 2. The molecule has 0 heterocycles. The van der Waals surface area contributed by atoms with Crippen LogP contribution in [0.25, 0.3) is 11.1 Å². The first-order chi connectivity index (χ1) is 17.0. The lowest BCUT2D eigenvalue weighted by Gasteiger charge is -2.14. The highest BCUT2D eigenvalue weighted by molar-refractivity contribution is 5.89. The van der Waals surface area contributed by atoms with Crippen LogP contribution in [0.15, 0.2) is 78.9 Å². The van der Waals surface area contributed by atoms with E-state index in [1.165, 1.54) is 0 Å². The summed E-state index contributed by atoms with van der Waals surface area (Å²) in [6.07, 6.45) is -3.40. The van der Waals surface area contributed by atoms with Gasteiger partial charge < -0.3 is 20.3 Å². The van der Waals surface area contributed by atoms with Gasteiger partial charge in [-0.1, -0.05) is 36.4 Å². The molecule has 3 aromatic rings. The summed E-state index contributed by atoms with van der Waals surface area (Å²) in [7, 11) is 1.81. The third-order valence-electron chi connectivity index (χ3n) is 4.55. The minimum atomic E-state index is -4.51. The third-order valence-corrected chi connectivity index (χ3v) is 4.55. The topological polar surface area (TPSA) is 120 Å². The van der Waals surface area contributed by atoms with E-state index in [0.29, 0.717) is 24.4 Å². The van der Waals surface area contributed by atoms with Gasteiger partial charge in [0.05, 0.1) is 11.1 Å². The average Bonchev–Trinajstić information content (AvgIpc) is 2.83. The molecule has 0 fully saturated rings. The van der Waals surface area contributed by atoms with E-state index in [1.807, 2.05) is 49.5 Å². The van der Waals surface area contributed by atoms with Crippen molar-refractivity contribution >= 4 is 11.9 Å². The molecule has 0 aliphatic carbocycles. The van der Waals surface area contributed by atoms with Gasteiger partial charge in [0.15, 0.2) is 0 Å². The summed E-state index contributed by atoms with van der Waals surface area (Å²) in [5.41, 5.74) is 2.12. The first-order valence-corrected chi connectivity index (χ1v) is 10.3. The maximum Gasteiger partial charge on any atom is 0.416 e. The molecule has 0 unspecified atom stereocenters. The highest BCUT2D eigenvalue weighted by Crippen LogP contribution is 2.36. The molecule has 0 aromatic heterocycles. The Labute approximate surface area is 204 Å². The lowest BCUT2D eigenvalue weighted by atomic mass is 9.99. The Morgan fingerprint density at radius 3 is 2.17 bits per heavy atom. The zero-order valence-electron chi connectivity index (χ0n) is 18.9. The SMILES string of the molecule is CNCc1cc(Oc2cc(C(F)(F)F)ccc2C#N)ccc1-c1ccccc1.O=C(O)/C=C/C(=O)O. The molecule has 0 saturated carbocycles. The van der Waals surface area contributed by atoms with E-state index in [1.54, 1.807) is 12.1 Å². The zero-order chi connectivity index (χ0) is 26.7. The van der Waals surface area contributed by atoms with Gasteiger partial charge in [0.1, 0.15) is 17.6 Å². The van der Waals surface area contributed by atoms with Crippen LogP contribution in [0.3, 0.4) is 0 Å². The molecule has 0 radical (unpaired) electrons. The molecule has 36 heavy (non-hydrogen) atoms. The highest BCUT2D eigenvalue weighted by atomic mass is 19.4. The standard InChI is InChI=1S/C22H17F3N2O.C4H4O4/c1-27-14-17-11-19(9-10-20(17)15-5-3-2-4-6-15)28-21-12-18(22(23,24)25)8-7-16(21)13-26;5-3(6)1-2-4(7)8/h2-12,27H,14H2,1H3;1-2H,(H,5,6)(H,7,8)/b;2-1+. The summed E-state index contributed by atoms with van der Waals surface area (Å²) in [6, 6.07) is 19.8. The molecule has 0 aliphatic heterocycles. The fourth-order valence-electron chi connectivity index (χ4n) is 3.01. The second kappa shape index (κ2) is 12.7. The largest absolute Gasteiger partial charge is 0.478 e. The molecular formula is C26H21F3N2O5. The monoisotopic (exact) mass is 498 g/mol. The lowest BCUT2D eigenvalue weighted by molar-refractivity contribution is -0.137. The maximum atomic E-state index is 13.0. The lowest BCUT2D eigenvalue weighted by Crippen LogP contribution is -2.07. The molecule has 10 heteroatoms. The number of hydrogen-bond donors (Lipinski definition) is 3. The van der Waals surface area contributed by atoms with Crippen LogP contribution in [-0.4, -0.2) is 29.2 Å². The van der Waals surface area contributed by atoms with Crippen LogP contribution in [0.1, 0.15) is 16.7 Å². The van der Waals surface area contributed by atoms with Gasteiger partial charge in [-0.2, -0.15) is 18.4 Å². The Bertz CT molecular complexity index is 1270. The predicted octanol–water partition coefficient (Wildman–Crippen LogP) is 5.47. The maximum absolute atomic E-state index is 13.0. The predicted molar refractivity (Wildman–Crippen MR) is 125 cm³/mol. The van der Waals surface area contributed by atoms with Gasteiger partial charge in [-0.25, -0.2) is 9.59 Å². The van der Waals surface area contributed by atoms with E-state index in [9.17, 15) is 28.0 Å². The summed E-state index contributed by atoms with van der Waals surface area (Å²) in [4.78, 5) is 19.1. The smallest absolute Gasteiger partial charge is 0.416 e. The zero-order valence-corrected chi connectivity index (χ0v) is 18.9. The second-order valence-corrected chi connectivity index (χ2v) is 7.15. The van der Waals surface area contributed by atoms with Crippen molar-refractivity contribution < 1.29 is 37.7 Å². The van der Waals surface area contributed by atoms with E-state index in [4.69, 9.17) is 14.9 Å². The van der Waals surface area contributed by atoms with Crippen LogP contribution >= 0.6 is 0 Å². The molecule has 0 amide bonds. The molecule has 0 atom stereocenters. The molecule has 7 nitrogen and oxygen atoms in total. The number of carboxylic acid groups (broad SMARTS) is 2. The number of alkyl halides is 3. The summed E-state index contributed by atoms with van der Waals surface area (Å²) in [5, 5.41) is 27.9. The third kappa shape index (κ3) is 8.30. The van der Waals surface area contributed by atoms with Crippen molar-refractivity contribution in [1.82, 2.24) is 5.32 Å². The van der Waals surface area contributed by atoms with Crippen molar-refractivity contribution in [2.45, 2.75) is 12.7 Å². The number of nitrogens with one attached hydrogen (secondary N) is 1. The molecular weight excluding hydrogens is 477 g/mol. The minimum Gasteiger partial charge on any atom is -0.478 e. The molecule has 0 aliphatic rings. The quantitative estimate of drug-likeness (QED) is 0.370. The van der Waals surface area contributed by atoms with Gasteiger partial charge in [0.25, 0.3) is 0 Å². The second-order valence-electron chi connectivity index (χ2n) is 7.15. The van der Waals surface area contributed by atoms with Gasteiger partial charge in [-0.05, 0) is 54.1 Å². The van der Waals surface area contributed by atoms with E-state index >= 15 is 0 Å². The Kier molecular flexibility index (Phi) is 9.77. The summed E-state index contributed by atoms with van der Waals surface area (Å²) in [6.45, 7) is 0.551. The highest BCUT2D eigenvalue weighted by Gasteiger charge is 2.31. The summed E-state index contributed by atoms with van der Waals surface area (Å²) >= 11 is 0. The normalized spacial score (nSPS) is 10.8. The van der Waals surface area contributed by atoms with E-state index in [2.05, 4.69) is 5.32 Å². The molecule has 0 spiro atoms. The van der Waals surface area contributed by atoms with Crippen molar-refractivity contribution in [2.24, 2.45) is 0 Å². The molecule has 3 aromatic carbocycles. The molecule has 3 rings (SSSR count). The fourth-order valence-corrected chi connectivity index (χ4v) is 3.01. The van der Waals surface area contributed by atoms with Crippen molar-refractivity contribution in [2.75, 3.05) is 7.05 Å². The molecule has 0 saturated heterocycles. The number of halogens is 3. The van der Waals surface area contributed by atoms with Crippen molar-refractivity contribution in [3.63, 3.8) is 0 Å². The van der Waals surface area contributed by atoms with Crippen molar-refractivity contribution in [1.29, 1.82) is 5.26 Å². The van der Waals surface area contributed by atoms with Crippen LogP contribution in [-0.2, 0) is 22.3 Å². The van der Waals surface area contributed by atoms with E-state index < -0.39 is 23.7 Å². The molecule has 186 valence electrons. The minimum absolute atomic E-state index is 0.0373. The number of nitriles is 1. The Morgan fingerprint density at radius 1 is 1.00 bits per heavy atom. The van der Waals surface area contributed by atoms with Crippen LogP contribution in [0, 0.1) is 11.3 Å². The van der Waals surface area contributed by atoms with Crippen LogP contribution < -0.4 is 10.1 Å². The number of hydrogen-bond acceptors (Lipinski definition) is 5. The summed E-state index contributed by atoms with van der Waals surface area (Å²) in [5.74, 6) is -2.28. The first kappa shape index (κ1) is 27.6. The summed E-state index contributed by atoms with van der Waals surface area (Å²) < 4.78 is 44.7. The van der Waals surface area contributed by atoms with Gasteiger partial charge >= 0.3 is 18.1 Å². The van der Waals surface area contributed by atoms with Gasteiger partial charge in [0.2, 0.25) is 0 Å². The Hall–Kier alpha value is -4.62. The van der Waals surface area contributed by atoms with Gasteiger partial charge in [-0.15, -0.1) is 0 Å². The number of carboxylic acids is 2. The first-order valence-electron chi connectivity index (χ1n) is 10.3. The number of benzene rings is 3. The molecule has 0 bridgehead atoms. The van der Waals surface area contributed by atoms with Crippen LogP contribution in [0.5, 0.6) is 11.5 Å².